The lowest BCUT2D eigenvalue weighted by molar-refractivity contribution is 0.119. The van der Waals surface area contributed by atoms with E-state index in [-0.39, 0.29) is 12.5 Å². The third kappa shape index (κ3) is 3.20. The number of halogens is 1. The number of rotatable bonds is 4. The van der Waals surface area contributed by atoms with Gasteiger partial charge in [0, 0.05) is 22.2 Å². The lowest BCUT2D eigenvalue weighted by Crippen LogP contribution is -2.06. The van der Waals surface area contributed by atoms with Crippen molar-refractivity contribution in [3.05, 3.63) is 58.1 Å². The molecule has 1 aromatic heterocycles. The van der Waals surface area contributed by atoms with Gasteiger partial charge in [0.15, 0.2) is 0 Å². The van der Waals surface area contributed by atoms with Gasteiger partial charge in [-0.25, -0.2) is 5.53 Å². The third-order valence-electron chi connectivity index (χ3n) is 2.55. The van der Waals surface area contributed by atoms with Crippen LogP contribution >= 0.6 is 11.6 Å². The summed E-state index contributed by atoms with van der Waals surface area (Å²) in [7, 11) is 0. The summed E-state index contributed by atoms with van der Waals surface area (Å²) in [5.74, 6) is 0.211. The van der Waals surface area contributed by atoms with Crippen LogP contribution in [0.4, 0.5) is 5.88 Å². The first-order chi connectivity index (χ1) is 9.22. The summed E-state index contributed by atoms with van der Waals surface area (Å²) in [4.78, 5) is 5.26. The molecule has 0 aliphatic heterocycles. The molecule has 0 unspecified atom stereocenters. The molecule has 0 atom stereocenters. The average molecular weight is 278 g/mol. The highest BCUT2D eigenvalue weighted by Crippen LogP contribution is 2.16. The van der Waals surface area contributed by atoms with Gasteiger partial charge in [-0.15, -0.1) is 5.11 Å². The first-order valence-electron chi connectivity index (χ1n) is 5.57. The van der Waals surface area contributed by atoms with Crippen LogP contribution in [0.1, 0.15) is 11.1 Å². The molecule has 0 fully saturated rings. The Bertz CT molecular complexity index is 652. The minimum Gasteiger partial charge on any atom is -0.445 e. The van der Waals surface area contributed by atoms with E-state index in [9.17, 15) is 0 Å². The summed E-state index contributed by atoms with van der Waals surface area (Å²) in [5.41, 5.74) is 8.46. The van der Waals surface area contributed by atoms with E-state index < -0.39 is 0 Å². The van der Waals surface area contributed by atoms with Crippen molar-refractivity contribution in [2.24, 2.45) is 10.3 Å². The van der Waals surface area contributed by atoms with Crippen LogP contribution < -0.4 is 5.36 Å². The van der Waals surface area contributed by atoms with Crippen molar-refractivity contribution in [2.75, 3.05) is 0 Å². The quantitative estimate of drug-likeness (QED) is 0.679. The van der Waals surface area contributed by atoms with Crippen LogP contribution in [0.5, 0.6) is 0 Å². The number of hydrogen-bond acceptors (Lipinski definition) is 5. The summed E-state index contributed by atoms with van der Waals surface area (Å²) in [5, 5.41) is 8.46. The smallest absolute Gasteiger partial charge is 0.242 e. The van der Waals surface area contributed by atoms with Crippen molar-refractivity contribution < 1.29 is 9.25 Å². The maximum absolute atomic E-state index is 6.95. The van der Waals surface area contributed by atoms with Crippen LogP contribution in [0, 0.1) is 12.5 Å². The zero-order valence-corrected chi connectivity index (χ0v) is 11.0. The van der Waals surface area contributed by atoms with E-state index in [1.165, 1.54) is 6.26 Å². The molecule has 2 rings (SSSR count). The van der Waals surface area contributed by atoms with Crippen molar-refractivity contribution in [1.29, 1.82) is 5.53 Å². The van der Waals surface area contributed by atoms with Crippen molar-refractivity contribution in [1.82, 2.24) is 0 Å². The van der Waals surface area contributed by atoms with Crippen LogP contribution in [-0.2, 0) is 11.4 Å². The zero-order valence-electron chi connectivity index (χ0n) is 10.3. The molecule has 0 aliphatic rings. The molecular formula is C13H12ClN3O2. The minimum absolute atomic E-state index is 0.211. The van der Waals surface area contributed by atoms with Crippen LogP contribution in [-0.4, -0.2) is 0 Å². The molecule has 6 heteroatoms. The fourth-order valence-corrected chi connectivity index (χ4v) is 1.67. The SMILES string of the molecule is Cc1c(N=N)occc1=NOCc1ccccc1Cl. The molecule has 19 heavy (non-hydrogen) atoms. The molecule has 1 aromatic carbocycles. The van der Waals surface area contributed by atoms with Gasteiger partial charge in [-0.1, -0.05) is 35.0 Å². The first kappa shape index (κ1) is 13.3. The second kappa shape index (κ2) is 6.15. The van der Waals surface area contributed by atoms with Gasteiger partial charge >= 0.3 is 0 Å². The predicted octanol–water partition coefficient (Wildman–Crippen LogP) is 3.94. The maximum Gasteiger partial charge on any atom is 0.242 e. The third-order valence-corrected chi connectivity index (χ3v) is 2.92. The van der Waals surface area contributed by atoms with E-state index in [0.717, 1.165) is 5.56 Å². The van der Waals surface area contributed by atoms with Gasteiger partial charge in [-0.05, 0) is 13.0 Å². The predicted molar refractivity (Wildman–Crippen MR) is 70.1 cm³/mol. The Morgan fingerprint density at radius 1 is 1.32 bits per heavy atom. The van der Waals surface area contributed by atoms with Gasteiger partial charge in [0.05, 0.1) is 6.26 Å². The molecular weight excluding hydrogens is 266 g/mol. The molecule has 98 valence electrons. The Kier molecular flexibility index (Phi) is 4.30. The van der Waals surface area contributed by atoms with E-state index in [4.69, 9.17) is 26.4 Å². The molecule has 0 saturated heterocycles. The van der Waals surface area contributed by atoms with Gasteiger partial charge in [0.2, 0.25) is 5.88 Å². The molecule has 0 saturated carbocycles. The molecule has 0 amide bonds. The lowest BCUT2D eigenvalue weighted by atomic mass is 10.2. The van der Waals surface area contributed by atoms with Crippen LogP contribution in [0.15, 0.2) is 51.3 Å². The maximum atomic E-state index is 6.95. The Morgan fingerprint density at radius 2 is 2.11 bits per heavy atom. The lowest BCUT2D eigenvalue weighted by Gasteiger charge is -2.02. The number of hydrogen-bond donors (Lipinski definition) is 1. The molecule has 1 heterocycles. The molecule has 5 nitrogen and oxygen atoms in total. The molecule has 1 N–H and O–H groups in total. The van der Waals surface area contributed by atoms with Gasteiger partial charge in [-0.2, -0.15) is 0 Å². The van der Waals surface area contributed by atoms with Crippen LogP contribution in [0.25, 0.3) is 0 Å². The molecule has 2 aromatic rings. The summed E-state index contributed by atoms with van der Waals surface area (Å²) in [6.45, 7) is 2.03. The van der Waals surface area contributed by atoms with Crippen LogP contribution in [0.3, 0.4) is 0 Å². The second-order valence-electron chi connectivity index (χ2n) is 3.80. The van der Waals surface area contributed by atoms with Gasteiger partial charge in [0.1, 0.15) is 12.0 Å². The highest BCUT2D eigenvalue weighted by Gasteiger charge is 2.02. The molecule has 0 aliphatic carbocycles. The Balaban J connectivity index is 2.16. The van der Waals surface area contributed by atoms with Crippen LogP contribution in [0.2, 0.25) is 5.02 Å². The van der Waals surface area contributed by atoms with Crippen molar-refractivity contribution >= 4 is 17.5 Å². The topological polar surface area (TPSA) is 70.9 Å². The fourth-order valence-electron chi connectivity index (χ4n) is 1.48. The van der Waals surface area contributed by atoms with Gasteiger partial charge in [0.25, 0.3) is 0 Å². The normalized spacial score (nSPS) is 11.4. The van der Waals surface area contributed by atoms with E-state index in [0.29, 0.717) is 15.9 Å². The van der Waals surface area contributed by atoms with E-state index in [1.807, 2.05) is 18.2 Å². The first-order valence-corrected chi connectivity index (χ1v) is 5.95. The Morgan fingerprint density at radius 3 is 2.84 bits per heavy atom. The van der Waals surface area contributed by atoms with Gasteiger partial charge < -0.3 is 9.25 Å². The Labute approximate surface area is 115 Å². The molecule has 0 radical (unpaired) electrons. The highest BCUT2D eigenvalue weighted by molar-refractivity contribution is 6.31. The van der Waals surface area contributed by atoms with E-state index >= 15 is 0 Å². The zero-order chi connectivity index (χ0) is 13.7. The minimum atomic E-state index is 0.211. The number of nitrogens with zero attached hydrogens (tertiary/aromatic N) is 2. The van der Waals surface area contributed by atoms with Crippen molar-refractivity contribution in [3.8, 4) is 0 Å². The Hall–Kier alpha value is -2.14. The number of benzene rings is 1. The standard InChI is InChI=1S/C13H12ClN3O2/c1-9-12(6-7-18-13(9)16-15)17-19-8-10-4-2-3-5-11(10)14/h2-7,15H,8H2,1H3. The molecule has 0 spiro atoms. The fraction of sp³-hybridized carbons (Fsp3) is 0.154. The monoisotopic (exact) mass is 277 g/mol. The van der Waals surface area contributed by atoms with Crippen molar-refractivity contribution in [2.45, 2.75) is 13.5 Å². The average Bonchev–Trinajstić information content (AvgIpc) is 2.43. The summed E-state index contributed by atoms with van der Waals surface area (Å²) >= 11 is 6.01. The number of nitrogens with one attached hydrogen (secondary N) is 1. The molecule has 0 bridgehead atoms. The largest absolute Gasteiger partial charge is 0.445 e. The van der Waals surface area contributed by atoms with Crippen molar-refractivity contribution in [3.63, 3.8) is 0 Å². The van der Waals surface area contributed by atoms with Gasteiger partial charge in [-0.3, -0.25) is 0 Å². The van der Waals surface area contributed by atoms with E-state index in [1.54, 1.807) is 19.1 Å². The highest BCUT2D eigenvalue weighted by atomic mass is 35.5. The van der Waals surface area contributed by atoms with E-state index in [2.05, 4.69) is 10.3 Å². The second-order valence-corrected chi connectivity index (χ2v) is 4.21. The summed E-state index contributed by atoms with van der Waals surface area (Å²) in [6.07, 6.45) is 1.41. The summed E-state index contributed by atoms with van der Waals surface area (Å²) < 4.78 is 5.04. The summed E-state index contributed by atoms with van der Waals surface area (Å²) in [6, 6.07) is 9.05.